The minimum atomic E-state index is -0.968. The third-order valence-corrected chi connectivity index (χ3v) is 7.72. The Hall–Kier alpha value is -5.26. The Morgan fingerprint density at radius 2 is 1.86 bits per heavy atom. The fraction of sp³-hybridized carbons (Fsp3) is 0.161. The topological polar surface area (TPSA) is 141 Å². The number of H-pyrrole nitrogens is 1. The Morgan fingerprint density at radius 3 is 2.69 bits per heavy atom. The number of ether oxygens (including phenoxy) is 3. The molecule has 2 aromatic heterocycles. The number of methoxy groups -OCH3 is 1. The molecule has 2 aliphatic heterocycles. The number of hydrogen-bond donors (Lipinski definition) is 2. The molecule has 2 aliphatic rings. The molecule has 11 heteroatoms. The number of aromatic amines is 1. The summed E-state index contributed by atoms with van der Waals surface area (Å²) in [5.41, 5.74) is 3.74. The smallest absolute Gasteiger partial charge is 0.328 e. The van der Waals surface area contributed by atoms with Crippen molar-refractivity contribution < 1.29 is 33.4 Å². The van der Waals surface area contributed by atoms with Gasteiger partial charge in [-0.1, -0.05) is 36.4 Å². The van der Waals surface area contributed by atoms with Gasteiger partial charge in [-0.2, -0.15) is 0 Å². The van der Waals surface area contributed by atoms with Crippen LogP contribution in [0, 0.1) is 5.21 Å². The number of nitrogens with one attached hydrogen (secondary N) is 1. The molecule has 11 nitrogen and oxygen atoms in total. The standard InChI is InChI=1S/C31H24N3O8/c1-39-31(36)23-15-21-20-7-2-3-8-22(20)32-28(21)29(18-9-10-25-27(14-18)41-16-40-25)33(23)30(35)26-12-11-24(42-26)17-5-4-6-19(13-17)34(37)38/h2-14,23,29,32,37H,15-16H2,1H3/q-1. The van der Waals surface area contributed by atoms with E-state index in [1.807, 2.05) is 36.4 Å². The number of esters is 1. The first-order valence-corrected chi connectivity index (χ1v) is 13.2. The van der Waals surface area contributed by atoms with Gasteiger partial charge in [-0.05, 0) is 53.6 Å². The first-order valence-electron chi connectivity index (χ1n) is 13.2. The van der Waals surface area contributed by atoms with E-state index in [4.69, 9.17) is 18.6 Å². The molecule has 2 N–H and O–H groups in total. The van der Waals surface area contributed by atoms with E-state index < -0.39 is 24.0 Å². The number of para-hydroxylation sites is 1. The molecule has 0 saturated heterocycles. The fourth-order valence-electron chi connectivity index (χ4n) is 5.80. The maximum absolute atomic E-state index is 14.3. The van der Waals surface area contributed by atoms with Crippen LogP contribution in [0.4, 0.5) is 5.69 Å². The van der Waals surface area contributed by atoms with Gasteiger partial charge in [-0.15, -0.1) is 0 Å². The molecule has 212 valence electrons. The van der Waals surface area contributed by atoms with Crippen molar-refractivity contribution in [3.63, 3.8) is 0 Å². The summed E-state index contributed by atoms with van der Waals surface area (Å²) in [5, 5.41) is 21.4. The predicted molar refractivity (Wildman–Crippen MR) is 150 cm³/mol. The van der Waals surface area contributed by atoms with Crippen LogP contribution < -0.4 is 14.7 Å². The maximum atomic E-state index is 14.3. The van der Waals surface area contributed by atoms with Gasteiger partial charge in [-0.3, -0.25) is 10.0 Å². The lowest BCUT2D eigenvalue weighted by molar-refractivity contribution is -0.147. The number of rotatable bonds is 5. The molecule has 5 aromatic rings. The molecule has 0 bridgehead atoms. The first-order chi connectivity index (χ1) is 20.4. The van der Waals surface area contributed by atoms with Crippen LogP contribution in [-0.2, 0) is 16.0 Å². The zero-order valence-corrected chi connectivity index (χ0v) is 22.3. The van der Waals surface area contributed by atoms with E-state index in [0.717, 1.165) is 22.2 Å². The predicted octanol–water partition coefficient (Wildman–Crippen LogP) is 5.18. The van der Waals surface area contributed by atoms with Gasteiger partial charge in [-0.25, -0.2) is 4.79 Å². The number of fused-ring (bicyclic) bond motifs is 4. The van der Waals surface area contributed by atoms with Crippen molar-refractivity contribution in [3.05, 3.63) is 107 Å². The Labute approximate surface area is 239 Å². The number of carbonyl (C=O) groups is 2. The summed E-state index contributed by atoms with van der Waals surface area (Å²) >= 11 is 0. The van der Waals surface area contributed by atoms with Crippen LogP contribution in [0.5, 0.6) is 11.5 Å². The summed E-state index contributed by atoms with van der Waals surface area (Å²) in [6.45, 7) is 0.0886. The number of amides is 1. The molecule has 0 radical (unpaired) electrons. The molecule has 2 atom stereocenters. The monoisotopic (exact) mass is 566 g/mol. The summed E-state index contributed by atoms with van der Waals surface area (Å²) in [5.74, 6) is 0.313. The zero-order chi connectivity index (χ0) is 29.0. The lowest BCUT2D eigenvalue weighted by atomic mass is 9.87. The molecule has 3 aromatic carbocycles. The molecule has 0 spiro atoms. The van der Waals surface area contributed by atoms with Crippen molar-refractivity contribution in [1.29, 1.82) is 0 Å². The van der Waals surface area contributed by atoms with Gasteiger partial charge in [0.2, 0.25) is 6.79 Å². The van der Waals surface area contributed by atoms with Crippen LogP contribution >= 0.6 is 0 Å². The molecule has 42 heavy (non-hydrogen) atoms. The second-order valence-corrected chi connectivity index (χ2v) is 10.0. The van der Waals surface area contributed by atoms with Crippen molar-refractivity contribution in [2.75, 3.05) is 19.1 Å². The van der Waals surface area contributed by atoms with Crippen LogP contribution in [0.3, 0.4) is 0 Å². The lowest BCUT2D eigenvalue weighted by Crippen LogP contribution is -2.51. The van der Waals surface area contributed by atoms with Gasteiger partial charge in [0.05, 0.1) is 18.8 Å². The van der Waals surface area contributed by atoms with Crippen LogP contribution in [0.25, 0.3) is 22.2 Å². The first kappa shape index (κ1) is 25.7. The number of anilines is 1. The van der Waals surface area contributed by atoms with Gasteiger partial charge in [0.25, 0.3) is 5.91 Å². The van der Waals surface area contributed by atoms with Gasteiger partial charge in [0.1, 0.15) is 11.8 Å². The summed E-state index contributed by atoms with van der Waals surface area (Å²) < 4.78 is 22.3. The molecule has 0 aliphatic carbocycles. The number of aromatic nitrogens is 1. The van der Waals surface area contributed by atoms with Crippen molar-refractivity contribution in [2.45, 2.75) is 18.5 Å². The minimum Gasteiger partial charge on any atom is -0.733 e. The summed E-state index contributed by atoms with van der Waals surface area (Å²) in [6, 6.07) is 20.8. The van der Waals surface area contributed by atoms with E-state index in [0.29, 0.717) is 28.4 Å². The number of hydrogen-bond acceptors (Lipinski definition) is 9. The van der Waals surface area contributed by atoms with E-state index in [1.165, 1.54) is 30.2 Å². The van der Waals surface area contributed by atoms with Crippen molar-refractivity contribution in [3.8, 4) is 22.8 Å². The Kier molecular flexibility index (Phi) is 6.10. The molecule has 1 amide bonds. The molecular weight excluding hydrogens is 542 g/mol. The average molecular weight is 567 g/mol. The third kappa shape index (κ3) is 4.14. The largest absolute Gasteiger partial charge is 0.733 e. The summed E-state index contributed by atoms with van der Waals surface area (Å²) in [6.07, 6.45) is 0.226. The van der Waals surface area contributed by atoms with E-state index >= 15 is 0 Å². The highest BCUT2D eigenvalue weighted by atomic mass is 16.8. The van der Waals surface area contributed by atoms with Crippen LogP contribution in [-0.4, -0.2) is 46.9 Å². The molecule has 0 saturated carbocycles. The molecule has 0 fully saturated rings. The quantitative estimate of drug-likeness (QED) is 0.217. The SMILES string of the molecule is COC(=O)C1Cc2c([nH]c3ccccc23)C(c2ccc3c(c2)OCO3)N1C(=O)c1ccc(-c2cccc(N([O-])O)c2)o1. The van der Waals surface area contributed by atoms with E-state index in [-0.39, 0.29) is 29.9 Å². The molecular formula is C31H24N3O8-. The number of carbonyl (C=O) groups excluding carboxylic acids is 2. The fourth-order valence-corrected chi connectivity index (χ4v) is 5.80. The average Bonchev–Trinajstić information content (AvgIpc) is 3.77. The van der Waals surface area contributed by atoms with Gasteiger partial charge >= 0.3 is 5.97 Å². The van der Waals surface area contributed by atoms with Crippen LogP contribution in [0.15, 0.2) is 83.3 Å². The number of nitrogens with zero attached hydrogens (tertiary/aromatic N) is 2. The normalized spacial score (nSPS) is 17.3. The Balaban J connectivity index is 1.37. The zero-order valence-electron chi connectivity index (χ0n) is 22.3. The van der Waals surface area contributed by atoms with E-state index in [2.05, 4.69) is 4.98 Å². The van der Waals surface area contributed by atoms with Gasteiger partial charge in [0.15, 0.2) is 17.3 Å². The molecule has 7 rings (SSSR count). The Bertz CT molecular complexity index is 1840. The highest BCUT2D eigenvalue weighted by molar-refractivity contribution is 5.97. The minimum absolute atomic E-state index is 0.00720. The van der Waals surface area contributed by atoms with Gasteiger partial charge in [0, 0.05) is 28.6 Å². The highest BCUT2D eigenvalue weighted by Crippen LogP contribution is 2.44. The molecule has 2 unspecified atom stereocenters. The lowest BCUT2D eigenvalue weighted by Gasteiger charge is -2.40. The molecule has 4 heterocycles. The maximum Gasteiger partial charge on any atom is 0.328 e. The second kappa shape index (κ2) is 9.98. The number of benzene rings is 3. The van der Waals surface area contributed by atoms with Crippen LogP contribution in [0.2, 0.25) is 0 Å². The van der Waals surface area contributed by atoms with Crippen molar-refractivity contribution in [1.82, 2.24) is 9.88 Å². The summed E-state index contributed by atoms with van der Waals surface area (Å²) in [4.78, 5) is 32.6. The highest BCUT2D eigenvalue weighted by Gasteiger charge is 2.45. The van der Waals surface area contributed by atoms with E-state index in [1.54, 1.807) is 24.3 Å². The van der Waals surface area contributed by atoms with Crippen molar-refractivity contribution >= 4 is 28.5 Å². The second-order valence-electron chi connectivity index (χ2n) is 10.0. The van der Waals surface area contributed by atoms with E-state index in [9.17, 15) is 20.0 Å². The van der Waals surface area contributed by atoms with Crippen LogP contribution in [0.1, 0.15) is 33.4 Å². The number of furan rings is 1. The third-order valence-electron chi connectivity index (χ3n) is 7.72. The van der Waals surface area contributed by atoms with Gasteiger partial charge < -0.3 is 38.9 Å². The summed E-state index contributed by atoms with van der Waals surface area (Å²) in [7, 11) is 1.30. The Morgan fingerprint density at radius 1 is 1.02 bits per heavy atom. The van der Waals surface area contributed by atoms with Crippen molar-refractivity contribution in [2.24, 2.45) is 0 Å².